The van der Waals surface area contributed by atoms with Crippen molar-refractivity contribution in [1.82, 2.24) is 25.4 Å². The van der Waals surface area contributed by atoms with Gasteiger partial charge in [-0.1, -0.05) is 0 Å². The van der Waals surface area contributed by atoms with Crippen molar-refractivity contribution in [3.05, 3.63) is 42.4 Å². The van der Waals surface area contributed by atoms with Gasteiger partial charge in [0, 0.05) is 12.7 Å². The fraction of sp³-hybridized carbons (Fsp3) is 0.154. The van der Waals surface area contributed by atoms with Crippen LogP contribution in [-0.2, 0) is 11.3 Å². The van der Waals surface area contributed by atoms with Crippen molar-refractivity contribution < 1.29 is 9.59 Å². The second-order valence-corrected chi connectivity index (χ2v) is 4.51. The van der Waals surface area contributed by atoms with Crippen molar-refractivity contribution in [2.24, 2.45) is 0 Å². The number of amides is 3. The minimum atomic E-state index is -0.371. The molecule has 2 aromatic rings. The standard InChI is InChI=1S/C13H12N6O2/c20-12-8-19(13(21)18-12)7-9-1-3-14-11(5-9)17-10-2-4-15-16-6-10/h1-6H,7-8H2,(H,14,15,17)(H,18,20,21). The Kier molecular flexibility index (Phi) is 3.42. The molecule has 3 rings (SSSR count). The number of aromatic nitrogens is 3. The van der Waals surface area contributed by atoms with Gasteiger partial charge in [-0.15, -0.1) is 0 Å². The number of rotatable bonds is 4. The van der Waals surface area contributed by atoms with Gasteiger partial charge in [0.15, 0.2) is 0 Å². The minimum absolute atomic E-state index is 0.0815. The second-order valence-electron chi connectivity index (χ2n) is 4.51. The van der Waals surface area contributed by atoms with E-state index in [4.69, 9.17) is 0 Å². The van der Waals surface area contributed by atoms with Gasteiger partial charge in [0.2, 0.25) is 5.91 Å². The Hall–Kier alpha value is -3.03. The third-order valence-corrected chi connectivity index (χ3v) is 2.92. The molecule has 1 fully saturated rings. The SMILES string of the molecule is O=C1CN(Cc2ccnc(Nc3ccnnc3)c2)C(=O)N1. The fourth-order valence-electron chi connectivity index (χ4n) is 1.98. The lowest BCUT2D eigenvalue weighted by atomic mass is 10.2. The van der Waals surface area contributed by atoms with Crippen LogP contribution in [0.5, 0.6) is 0 Å². The zero-order valence-corrected chi connectivity index (χ0v) is 11.0. The Morgan fingerprint density at radius 3 is 2.86 bits per heavy atom. The number of hydrogen-bond acceptors (Lipinski definition) is 6. The van der Waals surface area contributed by atoms with Gasteiger partial charge in [0.1, 0.15) is 12.4 Å². The summed E-state index contributed by atoms with van der Waals surface area (Å²) in [6.07, 6.45) is 4.80. The number of urea groups is 1. The van der Waals surface area contributed by atoms with Gasteiger partial charge in [-0.25, -0.2) is 9.78 Å². The summed E-state index contributed by atoms with van der Waals surface area (Å²) in [4.78, 5) is 28.3. The molecule has 8 heteroatoms. The first-order valence-electron chi connectivity index (χ1n) is 6.28. The zero-order chi connectivity index (χ0) is 14.7. The molecule has 0 atom stereocenters. The average Bonchev–Trinajstić information content (AvgIpc) is 2.78. The molecular weight excluding hydrogens is 272 g/mol. The van der Waals surface area contributed by atoms with Crippen LogP contribution in [0.25, 0.3) is 0 Å². The number of anilines is 2. The largest absolute Gasteiger partial charge is 0.339 e. The van der Waals surface area contributed by atoms with Gasteiger partial charge in [0.05, 0.1) is 18.1 Å². The minimum Gasteiger partial charge on any atom is -0.339 e. The number of nitrogens with zero attached hydrogens (tertiary/aromatic N) is 4. The van der Waals surface area contributed by atoms with Crippen molar-refractivity contribution in [3.8, 4) is 0 Å². The van der Waals surface area contributed by atoms with Crippen molar-refractivity contribution in [1.29, 1.82) is 0 Å². The smallest absolute Gasteiger partial charge is 0.324 e. The van der Waals surface area contributed by atoms with E-state index < -0.39 is 0 Å². The molecule has 1 aliphatic rings. The highest BCUT2D eigenvalue weighted by atomic mass is 16.2. The van der Waals surface area contributed by atoms with Crippen molar-refractivity contribution in [2.75, 3.05) is 11.9 Å². The number of carbonyl (C=O) groups is 2. The van der Waals surface area contributed by atoms with Gasteiger partial charge < -0.3 is 10.2 Å². The Labute approximate surface area is 120 Å². The van der Waals surface area contributed by atoms with Gasteiger partial charge in [-0.2, -0.15) is 10.2 Å². The molecule has 0 spiro atoms. The van der Waals surface area contributed by atoms with E-state index in [1.54, 1.807) is 30.7 Å². The maximum atomic E-state index is 11.5. The summed E-state index contributed by atoms with van der Waals surface area (Å²) in [7, 11) is 0. The van der Waals surface area contributed by atoms with Crippen molar-refractivity contribution >= 4 is 23.4 Å². The first-order chi connectivity index (χ1) is 10.2. The van der Waals surface area contributed by atoms with E-state index in [9.17, 15) is 9.59 Å². The predicted molar refractivity (Wildman–Crippen MR) is 73.5 cm³/mol. The van der Waals surface area contributed by atoms with Crippen LogP contribution in [0.1, 0.15) is 5.56 Å². The average molecular weight is 284 g/mol. The molecule has 3 amide bonds. The maximum absolute atomic E-state index is 11.5. The summed E-state index contributed by atoms with van der Waals surface area (Å²) in [5.41, 5.74) is 1.64. The predicted octanol–water partition coefficient (Wildman–Crippen LogP) is 0.667. The molecular formula is C13H12N6O2. The molecule has 1 saturated heterocycles. The third-order valence-electron chi connectivity index (χ3n) is 2.92. The van der Waals surface area contributed by atoms with Gasteiger partial charge >= 0.3 is 6.03 Å². The molecule has 0 unspecified atom stereocenters. The van der Waals surface area contributed by atoms with Crippen LogP contribution in [0, 0.1) is 0 Å². The van der Waals surface area contributed by atoms with Crippen LogP contribution in [0.4, 0.5) is 16.3 Å². The normalized spacial score (nSPS) is 14.2. The van der Waals surface area contributed by atoms with E-state index in [0.717, 1.165) is 11.3 Å². The molecule has 21 heavy (non-hydrogen) atoms. The Balaban J connectivity index is 1.71. The molecule has 2 aromatic heterocycles. The van der Waals surface area contributed by atoms with E-state index >= 15 is 0 Å². The fourth-order valence-corrected chi connectivity index (χ4v) is 1.98. The lowest BCUT2D eigenvalue weighted by Crippen LogP contribution is -2.27. The van der Waals surface area contributed by atoms with E-state index in [-0.39, 0.29) is 18.5 Å². The lowest BCUT2D eigenvalue weighted by Gasteiger charge is -2.13. The zero-order valence-electron chi connectivity index (χ0n) is 11.0. The summed E-state index contributed by atoms with van der Waals surface area (Å²) >= 11 is 0. The van der Waals surface area contributed by atoms with Gasteiger partial charge in [-0.05, 0) is 23.8 Å². The summed E-state index contributed by atoms with van der Waals surface area (Å²) in [6.45, 7) is 0.432. The maximum Gasteiger partial charge on any atom is 0.324 e. The molecule has 0 aromatic carbocycles. The first-order valence-corrected chi connectivity index (χ1v) is 6.28. The molecule has 0 radical (unpaired) electrons. The lowest BCUT2D eigenvalue weighted by molar-refractivity contribution is -0.118. The van der Waals surface area contributed by atoms with Crippen LogP contribution >= 0.6 is 0 Å². The number of carbonyl (C=O) groups excluding carboxylic acids is 2. The van der Waals surface area contributed by atoms with Crippen molar-refractivity contribution in [3.63, 3.8) is 0 Å². The van der Waals surface area contributed by atoms with Gasteiger partial charge in [0.25, 0.3) is 0 Å². The topological polar surface area (TPSA) is 100 Å². The molecule has 106 valence electrons. The highest BCUT2D eigenvalue weighted by Gasteiger charge is 2.26. The first kappa shape index (κ1) is 13.0. The van der Waals surface area contributed by atoms with Gasteiger partial charge in [-0.3, -0.25) is 10.1 Å². The summed E-state index contributed by atoms with van der Waals surface area (Å²) in [6, 6.07) is 5.01. The third kappa shape index (κ3) is 3.11. The van der Waals surface area contributed by atoms with Crippen LogP contribution < -0.4 is 10.6 Å². The van der Waals surface area contributed by atoms with Crippen LogP contribution in [-0.4, -0.2) is 38.6 Å². The number of nitrogens with one attached hydrogen (secondary N) is 2. The van der Waals surface area contributed by atoms with Crippen LogP contribution in [0.15, 0.2) is 36.8 Å². The van der Waals surface area contributed by atoms with Crippen LogP contribution in [0.3, 0.4) is 0 Å². The Morgan fingerprint density at radius 1 is 1.24 bits per heavy atom. The molecule has 3 heterocycles. The molecule has 2 N–H and O–H groups in total. The van der Waals surface area contributed by atoms with E-state index in [1.807, 2.05) is 6.07 Å². The Morgan fingerprint density at radius 2 is 2.14 bits per heavy atom. The summed E-state index contributed by atoms with van der Waals surface area (Å²) in [5.74, 6) is 0.349. The van der Waals surface area contributed by atoms with Crippen molar-refractivity contribution in [2.45, 2.75) is 6.54 Å². The van der Waals surface area contributed by atoms with E-state index in [1.165, 1.54) is 4.90 Å². The summed E-state index contributed by atoms with van der Waals surface area (Å²) in [5, 5.41) is 12.8. The molecule has 1 aliphatic heterocycles. The number of pyridine rings is 1. The Bertz CT molecular complexity index is 675. The van der Waals surface area contributed by atoms with E-state index in [2.05, 4.69) is 25.8 Å². The monoisotopic (exact) mass is 284 g/mol. The highest BCUT2D eigenvalue weighted by Crippen LogP contribution is 2.15. The molecule has 8 nitrogen and oxygen atoms in total. The number of hydrogen-bond donors (Lipinski definition) is 2. The second kappa shape index (κ2) is 5.53. The molecule has 0 aliphatic carbocycles. The summed E-state index contributed by atoms with van der Waals surface area (Å²) < 4.78 is 0. The number of imide groups is 1. The highest BCUT2D eigenvalue weighted by molar-refractivity contribution is 6.01. The molecule has 0 bridgehead atoms. The quantitative estimate of drug-likeness (QED) is 0.800. The molecule has 0 saturated carbocycles. The van der Waals surface area contributed by atoms with E-state index in [0.29, 0.717) is 12.4 Å². The van der Waals surface area contributed by atoms with Crippen LogP contribution in [0.2, 0.25) is 0 Å².